The van der Waals surface area contributed by atoms with Gasteiger partial charge in [-0.3, -0.25) is 14.6 Å². The molecule has 6 heteroatoms. The number of hydrogen-bond donors (Lipinski definition) is 1. The first-order valence-electron chi connectivity index (χ1n) is 9.26. The molecule has 148 valence electrons. The zero-order chi connectivity index (χ0) is 20.6. The molecule has 0 bridgehead atoms. The third-order valence-corrected chi connectivity index (χ3v) is 4.53. The fourth-order valence-corrected chi connectivity index (χ4v) is 2.87. The molecule has 29 heavy (non-hydrogen) atoms. The monoisotopic (exact) mass is 389 g/mol. The molecule has 1 heterocycles. The lowest BCUT2D eigenvalue weighted by Gasteiger charge is -2.17. The standard InChI is InChI=1S/C23H23N3O3/c1-26(14-11-17-9-12-24-13-10-17)23(28)19-6-3-5-18(15-19)22(27)25-20-7-4-8-21(16-20)29-2/h3-10,12-13,15-16H,11,14H2,1-2H3,(H,25,27). The second kappa shape index (κ2) is 9.50. The molecule has 0 aliphatic carbocycles. The quantitative estimate of drug-likeness (QED) is 0.669. The van der Waals surface area contributed by atoms with E-state index in [0.29, 0.717) is 29.1 Å². The van der Waals surface area contributed by atoms with Gasteiger partial charge in [0.15, 0.2) is 0 Å². The van der Waals surface area contributed by atoms with E-state index < -0.39 is 0 Å². The van der Waals surface area contributed by atoms with E-state index in [4.69, 9.17) is 4.74 Å². The van der Waals surface area contributed by atoms with Crippen molar-refractivity contribution in [1.82, 2.24) is 9.88 Å². The van der Waals surface area contributed by atoms with Crippen molar-refractivity contribution in [3.8, 4) is 5.75 Å². The molecule has 0 spiro atoms. The van der Waals surface area contributed by atoms with Crippen molar-refractivity contribution in [2.45, 2.75) is 6.42 Å². The average Bonchev–Trinajstić information content (AvgIpc) is 2.77. The highest BCUT2D eigenvalue weighted by atomic mass is 16.5. The van der Waals surface area contributed by atoms with Crippen LogP contribution in [-0.2, 0) is 6.42 Å². The van der Waals surface area contributed by atoms with Crippen LogP contribution >= 0.6 is 0 Å². The van der Waals surface area contributed by atoms with Crippen molar-refractivity contribution >= 4 is 17.5 Å². The molecule has 3 rings (SSSR count). The predicted molar refractivity (Wildman–Crippen MR) is 112 cm³/mol. The molecule has 1 N–H and O–H groups in total. The van der Waals surface area contributed by atoms with Gasteiger partial charge in [0.2, 0.25) is 0 Å². The lowest BCUT2D eigenvalue weighted by Crippen LogP contribution is -2.29. The summed E-state index contributed by atoms with van der Waals surface area (Å²) in [5.41, 5.74) is 2.63. The molecular formula is C23H23N3O3. The SMILES string of the molecule is COc1cccc(NC(=O)c2cccc(C(=O)N(C)CCc3ccncc3)c2)c1. The van der Waals surface area contributed by atoms with Gasteiger partial charge in [-0.2, -0.15) is 0 Å². The van der Waals surface area contributed by atoms with Crippen LogP contribution in [-0.4, -0.2) is 42.4 Å². The molecule has 3 aromatic rings. The first-order valence-corrected chi connectivity index (χ1v) is 9.26. The minimum absolute atomic E-state index is 0.130. The van der Waals surface area contributed by atoms with E-state index in [-0.39, 0.29) is 11.8 Å². The van der Waals surface area contributed by atoms with Crippen LogP contribution in [0, 0.1) is 0 Å². The van der Waals surface area contributed by atoms with Gasteiger partial charge in [0.05, 0.1) is 7.11 Å². The summed E-state index contributed by atoms with van der Waals surface area (Å²) in [6, 6.07) is 17.7. The molecule has 0 aliphatic rings. The normalized spacial score (nSPS) is 10.3. The summed E-state index contributed by atoms with van der Waals surface area (Å²) in [5.74, 6) is 0.241. The van der Waals surface area contributed by atoms with Gasteiger partial charge in [0.1, 0.15) is 5.75 Å². The molecular weight excluding hydrogens is 366 g/mol. The highest BCUT2D eigenvalue weighted by Crippen LogP contribution is 2.18. The number of rotatable bonds is 7. The Kier molecular flexibility index (Phi) is 6.58. The van der Waals surface area contributed by atoms with E-state index in [1.165, 1.54) is 0 Å². The first kappa shape index (κ1) is 20.1. The molecule has 2 aromatic carbocycles. The first-order chi connectivity index (χ1) is 14.1. The largest absolute Gasteiger partial charge is 0.497 e. The maximum Gasteiger partial charge on any atom is 0.255 e. The van der Waals surface area contributed by atoms with E-state index in [2.05, 4.69) is 10.3 Å². The summed E-state index contributed by atoms with van der Waals surface area (Å²) in [4.78, 5) is 31.0. The van der Waals surface area contributed by atoms with Crippen LogP contribution in [0.25, 0.3) is 0 Å². The van der Waals surface area contributed by atoms with Gasteiger partial charge in [-0.1, -0.05) is 12.1 Å². The fourth-order valence-electron chi connectivity index (χ4n) is 2.87. The summed E-state index contributed by atoms with van der Waals surface area (Å²) in [5, 5.41) is 2.83. The predicted octanol–water partition coefficient (Wildman–Crippen LogP) is 3.66. The van der Waals surface area contributed by atoms with Crippen molar-refractivity contribution in [2.24, 2.45) is 0 Å². The highest BCUT2D eigenvalue weighted by molar-refractivity contribution is 6.06. The van der Waals surface area contributed by atoms with Crippen LogP contribution in [0.5, 0.6) is 5.75 Å². The number of carbonyl (C=O) groups is 2. The molecule has 0 atom stereocenters. The van der Waals surface area contributed by atoms with E-state index in [1.807, 2.05) is 12.1 Å². The maximum absolute atomic E-state index is 12.7. The number of pyridine rings is 1. The van der Waals surface area contributed by atoms with E-state index in [0.717, 1.165) is 12.0 Å². The molecule has 0 saturated carbocycles. The van der Waals surface area contributed by atoms with Gasteiger partial charge in [0, 0.05) is 48.9 Å². The van der Waals surface area contributed by atoms with Gasteiger partial charge in [-0.15, -0.1) is 0 Å². The Morgan fingerprint density at radius 1 is 1.00 bits per heavy atom. The van der Waals surface area contributed by atoms with Crippen molar-refractivity contribution in [3.63, 3.8) is 0 Å². The number of carbonyl (C=O) groups excluding carboxylic acids is 2. The van der Waals surface area contributed by atoms with Gasteiger partial charge in [0.25, 0.3) is 11.8 Å². The number of amides is 2. The van der Waals surface area contributed by atoms with Crippen molar-refractivity contribution in [1.29, 1.82) is 0 Å². The number of hydrogen-bond acceptors (Lipinski definition) is 4. The maximum atomic E-state index is 12.7. The number of benzene rings is 2. The molecule has 0 saturated heterocycles. The van der Waals surface area contributed by atoms with Crippen molar-refractivity contribution in [2.75, 3.05) is 26.0 Å². The average molecular weight is 389 g/mol. The van der Waals surface area contributed by atoms with Crippen LogP contribution in [0.3, 0.4) is 0 Å². The Morgan fingerprint density at radius 3 is 2.48 bits per heavy atom. The Bertz CT molecular complexity index is 989. The van der Waals surface area contributed by atoms with E-state index >= 15 is 0 Å². The van der Waals surface area contributed by atoms with Crippen LogP contribution < -0.4 is 10.1 Å². The molecule has 6 nitrogen and oxygen atoms in total. The van der Waals surface area contributed by atoms with Crippen LogP contribution in [0.4, 0.5) is 5.69 Å². The van der Waals surface area contributed by atoms with Gasteiger partial charge in [-0.25, -0.2) is 0 Å². The molecule has 0 aliphatic heterocycles. The zero-order valence-corrected chi connectivity index (χ0v) is 16.5. The minimum atomic E-state index is -0.285. The number of aromatic nitrogens is 1. The summed E-state index contributed by atoms with van der Waals surface area (Å²) in [6.07, 6.45) is 4.21. The van der Waals surface area contributed by atoms with Gasteiger partial charge in [-0.05, 0) is 54.4 Å². The Labute approximate surface area is 170 Å². The van der Waals surface area contributed by atoms with Gasteiger partial charge >= 0.3 is 0 Å². The number of anilines is 1. The van der Waals surface area contributed by atoms with Gasteiger partial charge < -0.3 is 15.0 Å². The second-order valence-corrected chi connectivity index (χ2v) is 6.60. The number of likely N-dealkylation sites (N-methyl/N-ethyl adjacent to an activating group) is 1. The lowest BCUT2D eigenvalue weighted by molar-refractivity contribution is 0.0796. The summed E-state index contributed by atoms with van der Waals surface area (Å²) in [6.45, 7) is 0.573. The topological polar surface area (TPSA) is 71.5 Å². The second-order valence-electron chi connectivity index (χ2n) is 6.60. The smallest absolute Gasteiger partial charge is 0.255 e. The molecule has 2 amide bonds. The Morgan fingerprint density at radius 2 is 1.72 bits per heavy atom. The molecule has 0 radical (unpaired) electrons. The minimum Gasteiger partial charge on any atom is -0.497 e. The van der Waals surface area contributed by atoms with Crippen LogP contribution in [0.1, 0.15) is 26.3 Å². The Hall–Kier alpha value is -3.67. The third kappa shape index (κ3) is 5.42. The third-order valence-electron chi connectivity index (χ3n) is 4.53. The zero-order valence-electron chi connectivity index (χ0n) is 16.5. The molecule has 0 fully saturated rings. The highest BCUT2D eigenvalue weighted by Gasteiger charge is 2.14. The lowest BCUT2D eigenvalue weighted by atomic mass is 10.1. The van der Waals surface area contributed by atoms with Crippen molar-refractivity contribution < 1.29 is 14.3 Å². The summed E-state index contributed by atoms with van der Waals surface area (Å²) >= 11 is 0. The van der Waals surface area contributed by atoms with E-state index in [1.54, 1.807) is 80.0 Å². The molecule has 0 unspecified atom stereocenters. The summed E-state index contributed by atoms with van der Waals surface area (Å²) < 4.78 is 5.17. The number of methoxy groups -OCH3 is 1. The van der Waals surface area contributed by atoms with Crippen LogP contribution in [0.2, 0.25) is 0 Å². The fraction of sp³-hybridized carbons (Fsp3) is 0.174. The van der Waals surface area contributed by atoms with Crippen LogP contribution in [0.15, 0.2) is 73.1 Å². The van der Waals surface area contributed by atoms with Crippen molar-refractivity contribution in [3.05, 3.63) is 89.7 Å². The number of nitrogens with zero attached hydrogens (tertiary/aromatic N) is 2. The van der Waals surface area contributed by atoms with E-state index in [9.17, 15) is 9.59 Å². The number of nitrogens with one attached hydrogen (secondary N) is 1. The summed E-state index contributed by atoms with van der Waals surface area (Å²) in [7, 11) is 3.33. The molecule has 1 aromatic heterocycles. The Balaban J connectivity index is 1.66. The number of ether oxygens (including phenoxy) is 1.